The van der Waals surface area contributed by atoms with E-state index in [1.807, 2.05) is 18.2 Å². The van der Waals surface area contributed by atoms with Crippen LogP contribution in [0.2, 0.25) is 0 Å². The van der Waals surface area contributed by atoms with Crippen LogP contribution in [0.25, 0.3) is 0 Å². The molecular formula is C16H16F2N2O. The summed E-state index contributed by atoms with van der Waals surface area (Å²) in [4.78, 5) is 14.0. The van der Waals surface area contributed by atoms with Gasteiger partial charge >= 0.3 is 0 Å². The van der Waals surface area contributed by atoms with E-state index in [4.69, 9.17) is 5.73 Å². The Morgan fingerprint density at radius 1 is 1.05 bits per heavy atom. The number of para-hydroxylation sites is 1. The molecule has 0 spiro atoms. The Bertz CT molecular complexity index is 617. The standard InChI is InChI=1S/C16H16F2N2O/c17-14-8-7-12(11-15(14)18)16(21)20(10-4-9-19)13-5-2-1-3-6-13/h1-3,5-8,11H,4,9-10,19H2. The van der Waals surface area contributed by atoms with Crippen molar-refractivity contribution in [3.05, 3.63) is 65.7 Å². The van der Waals surface area contributed by atoms with Crippen LogP contribution in [0, 0.1) is 11.6 Å². The van der Waals surface area contributed by atoms with Gasteiger partial charge in [-0.2, -0.15) is 0 Å². The Labute approximate surface area is 122 Å². The second kappa shape index (κ2) is 6.95. The van der Waals surface area contributed by atoms with Crippen molar-refractivity contribution in [1.29, 1.82) is 0 Å². The number of hydrogen-bond donors (Lipinski definition) is 1. The molecule has 2 rings (SSSR count). The number of nitrogens with zero attached hydrogens (tertiary/aromatic N) is 1. The summed E-state index contributed by atoms with van der Waals surface area (Å²) in [5.41, 5.74) is 6.29. The number of amides is 1. The molecule has 2 aromatic carbocycles. The van der Waals surface area contributed by atoms with Gasteiger partial charge in [-0.15, -0.1) is 0 Å². The quantitative estimate of drug-likeness (QED) is 0.920. The topological polar surface area (TPSA) is 46.3 Å². The lowest BCUT2D eigenvalue weighted by atomic mass is 10.1. The highest BCUT2D eigenvalue weighted by molar-refractivity contribution is 6.06. The molecule has 0 bridgehead atoms. The van der Waals surface area contributed by atoms with E-state index in [1.165, 1.54) is 11.0 Å². The first-order chi connectivity index (χ1) is 10.1. The highest BCUT2D eigenvalue weighted by Crippen LogP contribution is 2.18. The van der Waals surface area contributed by atoms with Crippen LogP contribution in [0.1, 0.15) is 16.8 Å². The summed E-state index contributed by atoms with van der Waals surface area (Å²) < 4.78 is 26.3. The third kappa shape index (κ3) is 3.64. The monoisotopic (exact) mass is 290 g/mol. The first-order valence-corrected chi connectivity index (χ1v) is 6.65. The molecule has 2 N–H and O–H groups in total. The Balaban J connectivity index is 2.31. The maximum absolute atomic E-state index is 13.3. The molecular weight excluding hydrogens is 274 g/mol. The molecule has 0 aliphatic carbocycles. The summed E-state index contributed by atoms with van der Waals surface area (Å²) in [5, 5.41) is 0. The fourth-order valence-corrected chi connectivity index (χ4v) is 1.99. The molecule has 0 aliphatic rings. The second-order valence-electron chi connectivity index (χ2n) is 4.56. The molecule has 0 radical (unpaired) electrons. The van der Waals surface area contributed by atoms with Gasteiger partial charge in [0.2, 0.25) is 0 Å². The maximum atomic E-state index is 13.3. The predicted octanol–water partition coefficient (Wildman–Crippen LogP) is 2.96. The van der Waals surface area contributed by atoms with Gasteiger partial charge in [0.1, 0.15) is 0 Å². The molecule has 0 saturated heterocycles. The molecule has 0 unspecified atom stereocenters. The molecule has 3 nitrogen and oxygen atoms in total. The minimum absolute atomic E-state index is 0.106. The molecule has 0 atom stereocenters. The zero-order valence-corrected chi connectivity index (χ0v) is 11.4. The maximum Gasteiger partial charge on any atom is 0.258 e. The number of benzene rings is 2. The van der Waals surface area contributed by atoms with E-state index in [1.54, 1.807) is 12.1 Å². The number of halogens is 2. The predicted molar refractivity (Wildman–Crippen MR) is 78.1 cm³/mol. The van der Waals surface area contributed by atoms with Crippen molar-refractivity contribution in [3.63, 3.8) is 0 Å². The van der Waals surface area contributed by atoms with Gasteiger partial charge < -0.3 is 10.6 Å². The Morgan fingerprint density at radius 3 is 2.38 bits per heavy atom. The van der Waals surface area contributed by atoms with Crippen molar-refractivity contribution in [2.45, 2.75) is 6.42 Å². The Hall–Kier alpha value is -2.27. The number of hydrogen-bond acceptors (Lipinski definition) is 2. The van der Waals surface area contributed by atoms with E-state index in [0.29, 0.717) is 25.2 Å². The van der Waals surface area contributed by atoms with E-state index in [2.05, 4.69) is 0 Å². The van der Waals surface area contributed by atoms with E-state index in [-0.39, 0.29) is 11.5 Å². The fraction of sp³-hybridized carbons (Fsp3) is 0.188. The van der Waals surface area contributed by atoms with Crippen LogP contribution in [-0.4, -0.2) is 19.0 Å². The van der Waals surface area contributed by atoms with E-state index >= 15 is 0 Å². The fourth-order valence-electron chi connectivity index (χ4n) is 1.99. The summed E-state index contributed by atoms with van der Waals surface area (Å²) in [6.07, 6.45) is 0.615. The van der Waals surface area contributed by atoms with Crippen LogP contribution in [-0.2, 0) is 0 Å². The summed E-state index contributed by atoms with van der Waals surface area (Å²) in [6, 6.07) is 12.2. The van der Waals surface area contributed by atoms with Crippen molar-refractivity contribution in [3.8, 4) is 0 Å². The summed E-state index contributed by atoms with van der Waals surface area (Å²) >= 11 is 0. The van der Waals surface area contributed by atoms with E-state index in [0.717, 1.165) is 12.1 Å². The van der Waals surface area contributed by atoms with Gasteiger partial charge in [0.15, 0.2) is 11.6 Å². The van der Waals surface area contributed by atoms with Crippen LogP contribution in [0.5, 0.6) is 0 Å². The summed E-state index contributed by atoms with van der Waals surface area (Å²) in [5.74, 6) is -2.39. The average molecular weight is 290 g/mol. The van der Waals surface area contributed by atoms with Crippen molar-refractivity contribution < 1.29 is 13.6 Å². The largest absolute Gasteiger partial charge is 0.330 e. The Morgan fingerprint density at radius 2 is 1.76 bits per heavy atom. The summed E-state index contributed by atoms with van der Waals surface area (Å²) in [7, 11) is 0. The smallest absolute Gasteiger partial charge is 0.258 e. The van der Waals surface area contributed by atoms with E-state index < -0.39 is 11.6 Å². The lowest BCUT2D eigenvalue weighted by Gasteiger charge is -2.22. The molecule has 110 valence electrons. The van der Waals surface area contributed by atoms with Gasteiger partial charge in [-0.3, -0.25) is 4.79 Å². The molecule has 2 aromatic rings. The molecule has 0 heterocycles. The second-order valence-corrected chi connectivity index (χ2v) is 4.56. The Kier molecular flexibility index (Phi) is 5.00. The van der Waals surface area contributed by atoms with Gasteiger partial charge in [-0.25, -0.2) is 8.78 Å². The molecule has 0 aromatic heterocycles. The minimum Gasteiger partial charge on any atom is -0.330 e. The van der Waals surface area contributed by atoms with Crippen LogP contribution in [0.15, 0.2) is 48.5 Å². The van der Waals surface area contributed by atoms with Gasteiger partial charge in [0.05, 0.1) is 0 Å². The minimum atomic E-state index is -1.03. The van der Waals surface area contributed by atoms with Crippen LogP contribution in [0.3, 0.4) is 0 Å². The third-order valence-corrected chi connectivity index (χ3v) is 3.07. The first kappa shape index (κ1) is 15.1. The molecule has 0 fully saturated rings. The summed E-state index contributed by atoms with van der Waals surface area (Å²) in [6.45, 7) is 0.854. The number of anilines is 1. The third-order valence-electron chi connectivity index (χ3n) is 3.07. The van der Waals surface area contributed by atoms with Crippen molar-refractivity contribution in [1.82, 2.24) is 0 Å². The SMILES string of the molecule is NCCCN(C(=O)c1ccc(F)c(F)c1)c1ccccc1. The van der Waals surface area contributed by atoms with Crippen LogP contribution in [0.4, 0.5) is 14.5 Å². The normalized spacial score (nSPS) is 10.4. The number of rotatable bonds is 5. The zero-order valence-electron chi connectivity index (χ0n) is 11.4. The molecule has 1 amide bonds. The molecule has 5 heteroatoms. The van der Waals surface area contributed by atoms with Gasteiger partial charge in [0.25, 0.3) is 5.91 Å². The number of carbonyl (C=O) groups excluding carboxylic acids is 1. The highest BCUT2D eigenvalue weighted by atomic mass is 19.2. The first-order valence-electron chi connectivity index (χ1n) is 6.65. The highest BCUT2D eigenvalue weighted by Gasteiger charge is 2.18. The number of nitrogens with two attached hydrogens (primary N) is 1. The van der Waals surface area contributed by atoms with Crippen molar-refractivity contribution in [2.24, 2.45) is 5.73 Å². The van der Waals surface area contributed by atoms with Crippen molar-refractivity contribution in [2.75, 3.05) is 18.0 Å². The lowest BCUT2D eigenvalue weighted by Crippen LogP contribution is -2.33. The molecule has 0 saturated carbocycles. The molecule has 0 aliphatic heterocycles. The van der Waals surface area contributed by atoms with Crippen LogP contribution < -0.4 is 10.6 Å². The van der Waals surface area contributed by atoms with E-state index in [9.17, 15) is 13.6 Å². The van der Waals surface area contributed by atoms with Gasteiger partial charge in [-0.05, 0) is 43.3 Å². The van der Waals surface area contributed by atoms with Crippen molar-refractivity contribution >= 4 is 11.6 Å². The number of carbonyl (C=O) groups is 1. The van der Waals surface area contributed by atoms with Crippen LogP contribution >= 0.6 is 0 Å². The average Bonchev–Trinajstić information content (AvgIpc) is 2.51. The molecule has 21 heavy (non-hydrogen) atoms. The van der Waals surface area contributed by atoms with Gasteiger partial charge in [0, 0.05) is 17.8 Å². The zero-order chi connectivity index (χ0) is 15.2. The lowest BCUT2D eigenvalue weighted by molar-refractivity contribution is 0.0986. The van der Waals surface area contributed by atoms with Gasteiger partial charge in [-0.1, -0.05) is 18.2 Å².